The Kier molecular flexibility index (Phi) is 5.24. The fraction of sp³-hybridized carbons (Fsp3) is 0.611. The number of esters is 1. The smallest absolute Gasteiger partial charge is 0.348 e. The summed E-state index contributed by atoms with van der Waals surface area (Å²) in [6, 6.07) is 0. The molecule has 2 aromatic heterocycles. The van der Waals surface area contributed by atoms with Gasteiger partial charge >= 0.3 is 5.97 Å². The largest absolute Gasteiger partial charge is 0.462 e. The van der Waals surface area contributed by atoms with Gasteiger partial charge in [-0.1, -0.05) is 19.8 Å². The van der Waals surface area contributed by atoms with Crippen LogP contribution in [0, 0.1) is 12.3 Å². The number of thiophene rings is 1. The Morgan fingerprint density at radius 3 is 3.00 bits per heavy atom. The first kappa shape index (κ1) is 18.1. The van der Waals surface area contributed by atoms with Crippen molar-refractivity contribution in [3.63, 3.8) is 0 Å². The number of aliphatic hydroxyl groups is 1. The van der Waals surface area contributed by atoms with Crippen LogP contribution in [-0.4, -0.2) is 40.3 Å². The lowest BCUT2D eigenvalue weighted by Gasteiger charge is -2.38. The zero-order valence-corrected chi connectivity index (χ0v) is 15.8. The van der Waals surface area contributed by atoms with Crippen molar-refractivity contribution in [1.29, 1.82) is 0 Å². The van der Waals surface area contributed by atoms with Crippen LogP contribution >= 0.6 is 11.3 Å². The summed E-state index contributed by atoms with van der Waals surface area (Å²) in [6.07, 6.45) is 5.27. The quantitative estimate of drug-likeness (QED) is 0.791. The second-order valence-corrected chi connectivity index (χ2v) is 7.95. The first-order valence-electron chi connectivity index (χ1n) is 8.79. The van der Waals surface area contributed by atoms with Gasteiger partial charge in [0.05, 0.1) is 18.1 Å². The van der Waals surface area contributed by atoms with Crippen molar-refractivity contribution in [3.8, 4) is 0 Å². The van der Waals surface area contributed by atoms with Gasteiger partial charge in [-0.25, -0.2) is 14.8 Å². The minimum atomic E-state index is -0.316. The van der Waals surface area contributed by atoms with Gasteiger partial charge in [-0.15, -0.1) is 11.3 Å². The summed E-state index contributed by atoms with van der Waals surface area (Å²) in [5.74, 6) is 0.400. The molecule has 0 saturated heterocycles. The number of hydrogen-bond donors (Lipinski definition) is 2. The molecule has 2 heterocycles. The van der Waals surface area contributed by atoms with Crippen LogP contribution < -0.4 is 5.32 Å². The Bertz CT molecular complexity index is 776. The summed E-state index contributed by atoms with van der Waals surface area (Å²) in [5, 5.41) is 14.6. The normalized spacial score (nSPS) is 23.6. The number of carbonyl (C=O) groups excluding carboxylic acids is 1. The second-order valence-electron chi connectivity index (χ2n) is 6.95. The van der Waals surface area contributed by atoms with Crippen LogP contribution in [0.25, 0.3) is 10.2 Å². The molecule has 0 radical (unpaired) electrons. The zero-order chi connectivity index (χ0) is 18.0. The van der Waals surface area contributed by atoms with Crippen LogP contribution in [0.3, 0.4) is 0 Å². The highest BCUT2D eigenvalue weighted by Crippen LogP contribution is 2.38. The van der Waals surface area contributed by atoms with E-state index in [1.54, 1.807) is 6.92 Å². The number of aromatic nitrogens is 2. The van der Waals surface area contributed by atoms with Gasteiger partial charge in [0.2, 0.25) is 0 Å². The molecule has 2 atom stereocenters. The molecule has 0 amide bonds. The first-order chi connectivity index (χ1) is 12.0. The summed E-state index contributed by atoms with van der Waals surface area (Å²) >= 11 is 1.33. The van der Waals surface area contributed by atoms with Gasteiger partial charge in [-0.05, 0) is 32.3 Å². The maximum atomic E-state index is 12.1. The molecule has 0 bridgehead atoms. The van der Waals surface area contributed by atoms with Gasteiger partial charge in [0.1, 0.15) is 21.9 Å². The molecule has 1 aliphatic carbocycles. The van der Waals surface area contributed by atoms with E-state index in [0.717, 1.165) is 41.5 Å². The Morgan fingerprint density at radius 1 is 1.48 bits per heavy atom. The molecule has 2 unspecified atom stereocenters. The van der Waals surface area contributed by atoms with Gasteiger partial charge in [0, 0.05) is 12.0 Å². The highest BCUT2D eigenvalue weighted by molar-refractivity contribution is 7.20. The van der Waals surface area contributed by atoms with Crippen LogP contribution in [0.4, 0.5) is 5.82 Å². The number of nitrogens with zero attached hydrogens (tertiary/aromatic N) is 2. The Morgan fingerprint density at radius 2 is 2.28 bits per heavy atom. The van der Waals surface area contributed by atoms with Gasteiger partial charge < -0.3 is 15.2 Å². The molecule has 3 rings (SSSR count). The monoisotopic (exact) mass is 363 g/mol. The third-order valence-electron chi connectivity index (χ3n) is 5.13. The van der Waals surface area contributed by atoms with E-state index in [9.17, 15) is 9.90 Å². The van der Waals surface area contributed by atoms with E-state index in [2.05, 4.69) is 22.2 Å². The number of aliphatic hydroxyl groups excluding tert-OH is 1. The van der Waals surface area contributed by atoms with E-state index >= 15 is 0 Å². The van der Waals surface area contributed by atoms with Crippen molar-refractivity contribution < 1.29 is 14.6 Å². The summed E-state index contributed by atoms with van der Waals surface area (Å²) in [4.78, 5) is 22.2. The van der Waals surface area contributed by atoms with E-state index in [1.165, 1.54) is 17.7 Å². The SMILES string of the molecule is CCOC(=O)c1sc2ncnc(NCC3(C)CCCCC3O)c2c1C. The molecule has 2 N–H and O–H groups in total. The second kappa shape index (κ2) is 7.25. The fourth-order valence-corrected chi connectivity index (χ4v) is 4.51. The minimum Gasteiger partial charge on any atom is -0.462 e. The molecule has 6 nitrogen and oxygen atoms in total. The molecule has 1 fully saturated rings. The maximum absolute atomic E-state index is 12.1. The molecule has 25 heavy (non-hydrogen) atoms. The first-order valence-corrected chi connectivity index (χ1v) is 9.61. The molecule has 2 aromatic rings. The molecular weight excluding hydrogens is 338 g/mol. The van der Waals surface area contributed by atoms with Gasteiger partial charge in [-0.3, -0.25) is 0 Å². The lowest BCUT2D eigenvalue weighted by molar-refractivity contribution is 0.00960. The van der Waals surface area contributed by atoms with Crippen LogP contribution in [-0.2, 0) is 4.74 Å². The molecule has 1 aliphatic rings. The number of ether oxygens (including phenoxy) is 1. The zero-order valence-electron chi connectivity index (χ0n) is 15.0. The Hall–Kier alpha value is -1.73. The van der Waals surface area contributed by atoms with Crippen molar-refractivity contribution >= 4 is 33.3 Å². The summed E-state index contributed by atoms with van der Waals surface area (Å²) in [7, 11) is 0. The lowest BCUT2D eigenvalue weighted by atomic mass is 9.73. The van der Waals surface area contributed by atoms with Gasteiger partial charge in [0.25, 0.3) is 0 Å². The summed E-state index contributed by atoms with van der Waals surface area (Å²) in [6.45, 7) is 6.80. The minimum absolute atomic E-state index is 0.163. The molecule has 136 valence electrons. The maximum Gasteiger partial charge on any atom is 0.348 e. The molecule has 0 aliphatic heterocycles. The van der Waals surface area contributed by atoms with Gasteiger partial charge in [-0.2, -0.15) is 0 Å². The number of carbonyl (C=O) groups is 1. The number of hydrogen-bond acceptors (Lipinski definition) is 7. The van der Waals surface area contributed by atoms with Crippen LogP contribution in [0.5, 0.6) is 0 Å². The number of aryl methyl sites for hydroxylation is 1. The van der Waals surface area contributed by atoms with E-state index in [-0.39, 0.29) is 17.5 Å². The van der Waals surface area contributed by atoms with E-state index in [1.807, 2.05) is 6.92 Å². The molecule has 7 heteroatoms. The van der Waals surface area contributed by atoms with Gasteiger partial charge in [0.15, 0.2) is 0 Å². The van der Waals surface area contributed by atoms with E-state index < -0.39 is 0 Å². The van der Waals surface area contributed by atoms with Crippen LogP contribution in [0.2, 0.25) is 0 Å². The van der Waals surface area contributed by atoms with Crippen LogP contribution in [0.15, 0.2) is 6.33 Å². The molecule has 1 saturated carbocycles. The van der Waals surface area contributed by atoms with E-state index in [4.69, 9.17) is 4.74 Å². The topological polar surface area (TPSA) is 84.3 Å². The van der Waals surface area contributed by atoms with Crippen molar-refractivity contribution in [1.82, 2.24) is 9.97 Å². The molecular formula is C18H25N3O3S. The Balaban J connectivity index is 1.88. The molecule has 0 aromatic carbocycles. The Labute approximate surface area is 151 Å². The number of nitrogens with one attached hydrogen (secondary N) is 1. The lowest BCUT2D eigenvalue weighted by Crippen LogP contribution is -2.41. The van der Waals surface area contributed by atoms with Crippen molar-refractivity contribution in [2.75, 3.05) is 18.5 Å². The standard InChI is InChI=1S/C18H25N3O3S/c1-4-24-17(23)14-11(2)13-15(20-10-21-16(13)25-14)19-9-18(3)8-6-5-7-12(18)22/h10,12,22H,4-9H2,1-3H3,(H,19,20,21). The van der Waals surface area contributed by atoms with Crippen molar-refractivity contribution in [2.24, 2.45) is 5.41 Å². The highest BCUT2D eigenvalue weighted by Gasteiger charge is 2.35. The fourth-order valence-electron chi connectivity index (χ4n) is 3.47. The number of anilines is 1. The van der Waals surface area contributed by atoms with E-state index in [0.29, 0.717) is 23.8 Å². The average Bonchev–Trinajstić information content (AvgIpc) is 2.94. The average molecular weight is 363 g/mol. The third kappa shape index (κ3) is 3.48. The van der Waals surface area contributed by atoms with Crippen molar-refractivity contribution in [2.45, 2.75) is 52.6 Å². The molecule has 0 spiro atoms. The highest BCUT2D eigenvalue weighted by atomic mass is 32.1. The predicted molar refractivity (Wildman–Crippen MR) is 99.2 cm³/mol. The number of fused-ring (bicyclic) bond motifs is 1. The number of rotatable bonds is 5. The van der Waals surface area contributed by atoms with Crippen molar-refractivity contribution in [3.05, 3.63) is 16.8 Å². The summed E-state index contributed by atoms with van der Waals surface area (Å²) < 4.78 is 5.13. The predicted octanol–water partition coefficient (Wildman–Crippen LogP) is 3.53. The summed E-state index contributed by atoms with van der Waals surface area (Å²) in [5.41, 5.74) is 0.680. The third-order valence-corrected chi connectivity index (χ3v) is 6.31. The van der Waals surface area contributed by atoms with Crippen LogP contribution in [0.1, 0.15) is 54.8 Å².